The molecule has 1 saturated carbocycles. The summed E-state index contributed by atoms with van der Waals surface area (Å²) in [5.41, 5.74) is 2.97. The van der Waals surface area contributed by atoms with Gasteiger partial charge in [0, 0.05) is 32.6 Å². The molecular formula is C24H45N3O3. The van der Waals surface area contributed by atoms with Crippen LogP contribution in [-0.4, -0.2) is 67.5 Å². The highest BCUT2D eigenvalue weighted by molar-refractivity contribution is 5.81. The fourth-order valence-corrected chi connectivity index (χ4v) is 4.93. The van der Waals surface area contributed by atoms with E-state index < -0.39 is 11.3 Å². The maximum atomic E-state index is 13.8. The van der Waals surface area contributed by atoms with Crippen LogP contribution in [-0.2, 0) is 14.3 Å². The van der Waals surface area contributed by atoms with Crippen LogP contribution in [0.1, 0.15) is 67.2 Å². The van der Waals surface area contributed by atoms with Crippen molar-refractivity contribution in [3.05, 3.63) is 12.2 Å². The summed E-state index contributed by atoms with van der Waals surface area (Å²) in [6.45, 7) is 15.4. The van der Waals surface area contributed by atoms with E-state index in [9.17, 15) is 4.79 Å². The van der Waals surface area contributed by atoms with Crippen LogP contribution < -0.4 is 5.43 Å². The molecule has 174 valence electrons. The van der Waals surface area contributed by atoms with E-state index in [2.05, 4.69) is 59.1 Å². The second kappa shape index (κ2) is 10.1. The second-order valence-electron chi connectivity index (χ2n) is 10.1. The van der Waals surface area contributed by atoms with E-state index >= 15 is 0 Å². The van der Waals surface area contributed by atoms with Crippen LogP contribution >= 0.6 is 0 Å². The molecule has 2 rings (SSSR count). The highest BCUT2D eigenvalue weighted by atomic mass is 16.7. The van der Waals surface area contributed by atoms with Crippen molar-refractivity contribution in [1.29, 1.82) is 0 Å². The number of ether oxygens (including phenoxy) is 2. The molecule has 2 fully saturated rings. The first kappa shape index (κ1) is 25.3. The van der Waals surface area contributed by atoms with Crippen LogP contribution in [0.15, 0.2) is 12.2 Å². The van der Waals surface area contributed by atoms with Gasteiger partial charge in [0.25, 0.3) is 0 Å². The molecule has 2 aliphatic rings. The third kappa shape index (κ3) is 5.09. The molecule has 6 heteroatoms. The lowest BCUT2D eigenvalue weighted by Gasteiger charge is -2.58. The predicted octanol–water partition coefficient (Wildman–Crippen LogP) is 3.83. The first-order chi connectivity index (χ1) is 14.1. The van der Waals surface area contributed by atoms with Crippen molar-refractivity contribution < 1.29 is 14.3 Å². The summed E-state index contributed by atoms with van der Waals surface area (Å²) in [5, 5.41) is 1.96. The highest BCUT2D eigenvalue weighted by Gasteiger charge is 2.63. The van der Waals surface area contributed by atoms with Crippen LogP contribution in [0.2, 0.25) is 0 Å². The van der Waals surface area contributed by atoms with E-state index in [4.69, 9.17) is 9.47 Å². The van der Waals surface area contributed by atoms with Gasteiger partial charge in [0.05, 0.1) is 19.1 Å². The van der Waals surface area contributed by atoms with Crippen molar-refractivity contribution in [2.75, 3.05) is 40.4 Å². The fraction of sp³-hybridized carbons (Fsp3) is 0.875. The molecule has 0 aromatic heterocycles. The average Bonchev–Trinajstić information content (AvgIpc) is 2.69. The Kier molecular flexibility index (Phi) is 8.53. The van der Waals surface area contributed by atoms with Gasteiger partial charge in [-0.1, -0.05) is 33.8 Å². The van der Waals surface area contributed by atoms with E-state index in [1.54, 1.807) is 0 Å². The van der Waals surface area contributed by atoms with Gasteiger partial charge in [-0.15, -0.1) is 0 Å². The fourth-order valence-electron chi connectivity index (χ4n) is 4.93. The number of carbonyl (C=O) groups is 1. The van der Waals surface area contributed by atoms with Gasteiger partial charge in [0.15, 0.2) is 0 Å². The smallest absolute Gasteiger partial charge is 0.227 e. The number of carbonyl (C=O) groups excluding carboxylic acids is 1. The van der Waals surface area contributed by atoms with Crippen LogP contribution in [0, 0.1) is 17.3 Å². The van der Waals surface area contributed by atoms with E-state index in [1.807, 2.05) is 24.0 Å². The molecule has 1 aliphatic carbocycles. The SMILES string of the molecule is CC/C=C/C1(C2(NN(C)C)CCC(C)CC2C(=O)N(CC)CC)OCC(C)(C)CO1. The normalized spacial score (nSPS) is 31.2. The molecule has 0 aromatic carbocycles. The summed E-state index contributed by atoms with van der Waals surface area (Å²) >= 11 is 0. The number of hydrazine groups is 1. The lowest BCUT2D eigenvalue weighted by atomic mass is 9.64. The molecule has 0 bridgehead atoms. The van der Waals surface area contributed by atoms with Crippen LogP contribution in [0.3, 0.4) is 0 Å². The lowest BCUT2D eigenvalue weighted by molar-refractivity contribution is -0.323. The van der Waals surface area contributed by atoms with Crippen LogP contribution in [0.25, 0.3) is 0 Å². The predicted molar refractivity (Wildman–Crippen MR) is 122 cm³/mol. The van der Waals surface area contributed by atoms with Gasteiger partial charge >= 0.3 is 0 Å². The van der Waals surface area contributed by atoms with Gasteiger partial charge in [-0.05, 0) is 51.5 Å². The number of nitrogens with one attached hydrogen (secondary N) is 1. The van der Waals surface area contributed by atoms with Crippen molar-refractivity contribution >= 4 is 5.91 Å². The molecule has 3 atom stereocenters. The van der Waals surface area contributed by atoms with E-state index in [-0.39, 0.29) is 17.2 Å². The molecule has 1 aliphatic heterocycles. The Balaban J connectivity index is 2.62. The molecule has 1 saturated heterocycles. The van der Waals surface area contributed by atoms with Gasteiger partial charge < -0.3 is 14.4 Å². The molecule has 1 heterocycles. The quantitative estimate of drug-likeness (QED) is 0.475. The molecule has 1 N–H and O–H groups in total. The number of amides is 1. The molecule has 1 amide bonds. The molecule has 0 radical (unpaired) electrons. The lowest BCUT2D eigenvalue weighted by Crippen LogP contribution is -2.75. The number of hydrogen-bond donors (Lipinski definition) is 1. The summed E-state index contributed by atoms with van der Waals surface area (Å²) in [6.07, 6.45) is 7.76. The zero-order valence-corrected chi connectivity index (χ0v) is 20.6. The highest BCUT2D eigenvalue weighted by Crippen LogP contribution is 2.49. The van der Waals surface area contributed by atoms with Crippen molar-refractivity contribution in [2.24, 2.45) is 17.3 Å². The summed E-state index contributed by atoms with van der Waals surface area (Å²) < 4.78 is 13.2. The Labute approximate surface area is 184 Å². The largest absolute Gasteiger partial charge is 0.344 e. The monoisotopic (exact) mass is 423 g/mol. The molecule has 3 unspecified atom stereocenters. The summed E-state index contributed by atoms with van der Waals surface area (Å²) in [4.78, 5) is 15.8. The zero-order chi connectivity index (χ0) is 22.6. The third-order valence-electron chi connectivity index (χ3n) is 6.61. The Hall–Kier alpha value is -0.950. The standard InChI is InChI=1S/C24H45N3O3/c1-9-12-14-24(29-17-22(5,6)18-30-24)23(25-26(7)8)15-13-19(4)16-20(23)21(28)27(10-2)11-3/h12,14,19-20,25H,9-11,13,15-18H2,1-8H3/b14-12+. The number of rotatable bonds is 8. The number of allylic oxidation sites excluding steroid dienone is 1. The minimum absolute atomic E-state index is 0.0524. The van der Waals surface area contributed by atoms with Crippen LogP contribution in [0.5, 0.6) is 0 Å². The van der Waals surface area contributed by atoms with Crippen molar-refractivity contribution in [3.8, 4) is 0 Å². The van der Waals surface area contributed by atoms with Crippen molar-refractivity contribution in [2.45, 2.75) is 78.6 Å². The molecule has 0 aromatic rings. The summed E-state index contributed by atoms with van der Waals surface area (Å²) in [5.74, 6) is -0.525. The number of hydrogen-bond acceptors (Lipinski definition) is 5. The molecular weight excluding hydrogens is 378 g/mol. The van der Waals surface area contributed by atoms with Crippen molar-refractivity contribution in [3.63, 3.8) is 0 Å². The average molecular weight is 424 g/mol. The minimum atomic E-state index is -0.976. The van der Waals surface area contributed by atoms with Crippen LogP contribution in [0.4, 0.5) is 0 Å². The maximum Gasteiger partial charge on any atom is 0.227 e. The van der Waals surface area contributed by atoms with Gasteiger partial charge in [0.1, 0.15) is 5.54 Å². The second-order valence-corrected chi connectivity index (χ2v) is 10.1. The molecule has 0 spiro atoms. The van der Waals surface area contributed by atoms with Gasteiger partial charge in [0.2, 0.25) is 11.7 Å². The van der Waals surface area contributed by atoms with Gasteiger partial charge in [-0.2, -0.15) is 0 Å². The van der Waals surface area contributed by atoms with E-state index in [0.717, 1.165) is 25.7 Å². The van der Waals surface area contributed by atoms with Gasteiger partial charge in [-0.3, -0.25) is 4.79 Å². The Morgan fingerprint density at radius 1 is 1.13 bits per heavy atom. The number of nitrogens with zero attached hydrogens (tertiary/aromatic N) is 2. The Morgan fingerprint density at radius 2 is 1.73 bits per heavy atom. The first-order valence-electron chi connectivity index (χ1n) is 11.8. The summed E-state index contributed by atoms with van der Waals surface area (Å²) in [6, 6.07) is 0. The van der Waals surface area contributed by atoms with Gasteiger partial charge in [-0.25, -0.2) is 10.4 Å². The van der Waals surface area contributed by atoms with E-state index in [1.165, 1.54) is 0 Å². The van der Waals surface area contributed by atoms with Crippen molar-refractivity contribution in [1.82, 2.24) is 15.3 Å². The first-order valence-corrected chi connectivity index (χ1v) is 11.8. The zero-order valence-electron chi connectivity index (χ0n) is 20.6. The summed E-state index contributed by atoms with van der Waals surface area (Å²) in [7, 11) is 3.98. The topological polar surface area (TPSA) is 54.0 Å². The van der Waals surface area contributed by atoms with E-state index in [0.29, 0.717) is 32.2 Å². The third-order valence-corrected chi connectivity index (χ3v) is 6.61. The minimum Gasteiger partial charge on any atom is -0.344 e. The maximum absolute atomic E-state index is 13.8. The molecule has 6 nitrogen and oxygen atoms in total. The Morgan fingerprint density at radius 3 is 2.23 bits per heavy atom. The Bertz CT molecular complexity index is 591. The molecule has 30 heavy (non-hydrogen) atoms.